The van der Waals surface area contributed by atoms with Crippen molar-refractivity contribution in [2.24, 2.45) is 0 Å². The third-order valence-corrected chi connectivity index (χ3v) is 9.85. The molecule has 7 heteroatoms. The molecule has 1 saturated heterocycles. The van der Waals surface area contributed by atoms with Crippen LogP contribution in [0.4, 0.5) is 0 Å². The first-order chi connectivity index (χ1) is 9.28. The zero-order valence-corrected chi connectivity index (χ0v) is 16.5. The van der Waals surface area contributed by atoms with E-state index in [2.05, 4.69) is 30.8 Å². The summed E-state index contributed by atoms with van der Waals surface area (Å²) in [5, 5.41) is 0. The first-order valence-corrected chi connectivity index (χ1v) is 13.3. The zero-order valence-electron chi connectivity index (χ0n) is 13.0. The quantitative estimate of drug-likeness (QED) is 0.570. The van der Waals surface area contributed by atoms with Crippen molar-refractivity contribution in [3.63, 3.8) is 0 Å². The van der Waals surface area contributed by atoms with Gasteiger partial charge in [-0.1, -0.05) is 0 Å². The van der Waals surface area contributed by atoms with Crippen LogP contribution in [0.3, 0.4) is 0 Å². The van der Waals surface area contributed by atoms with Crippen LogP contribution in [-0.4, -0.2) is 53.9 Å². The Morgan fingerprint density at radius 3 is 2.20 bits per heavy atom. The zero-order chi connectivity index (χ0) is 15.2. The van der Waals surface area contributed by atoms with Crippen LogP contribution in [0.25, 0.3) is 0 Å². The van der Waals surface area contributed by atoms with E-state index in [0.717, 1.165) is 26.6 Å². The predicted molar refractivity (Wildman–Crippen MR) is 86.2 cm³/mol. The van der Waals surface area contributed by atoms with Crippen LogP contribution in [0, 0.1) is 0 Å². The maximum atomic E-state index is 6.31. The summed E-state index contributed by atoms with van der Waals surface area (Å²) in [6.07, 6.45) is 7.95. The molecule has 1 aliphatic heterocycles. The number of hydrogen-bond donors (Lipinski definition) is 0. The Hall–Kier alpha value is 1.28. The van der Waals surface area contributed by atoms with E-state index in [1.807, 2.05) is 0 Å². The van der Waals surface area contributed by atoms with Crippen LogP contribution in [0.2, 0.25) is 0 Å². The first kappa shape index (κ1) is 19.3. The molecule has 0 spiro atoms. The van der Waals surface area contributed by atoms with Crippen LogP contribution < -0.4 is 0 Å². The molecule has 122 valence electrons. The fraction of sp³-hybridized carbons (Fsp3) is 1.00. The summed E-state index contributed by atoms with van der Waals surface area (Å²) in [5.74, 6) is 0. The molecule has 0 amide bonds. The van der Waals surface area contributed by atoms with Crippen molar-refractivity contribution < 1.29 is 14.0 Å². The molecule has 1 fully saturated rings. The van der Waals surface area contributed by atoms with Crippen LogP contribution in [0.15, 0.2) is 0 Å². The van der Waals surface area contributed by atoms with Gasteiger partial charge in [-0.25, -0.2) is 0 Å². The van der Waals surface area contributed by atoms with Crippen molar-refractivity contribution in [2.75, 3.05) is 40.6 Å². The van der Waals surface area contributed by atoms with Crippen LogP contribution >= 0.6 is 30.1 Å². The van der Waals surface area contributed by atoms with Crippen molar-refractivity contribution in [1.82, 2.24) is 9.80 Å². The van der Waals surface area contributed by atoms with Gasteiger partial charge >= 0.3 is 140 Å². The first-order valence-electron chi connectivity index (χ1n) is 7.46. The van der Waals surface area contributed by atoms with Crippen molar-refractivity contribution in [1.29, 1.82) is 0 Å². The third kappa shape index (κ3) is 6.18. The predicted octanol–water partition coefficient (Wildman–Crippen LogP) is 4.44. The van der Waals surface area contributed by atoms with E-state index < -0.39 is 10.5 Å². The molecular formula is C13H29Cl3CrN3+. The van der Waals surface area contributed by atoms with Gasteiger partial charge in [-0.2, -0.15) is 0 Å². The second kappa shape index (κ2) is 8.79. The summed E-state index contributed by atoms with van der Waals surface area (Å²) in [6.45, 7) is 6.06. The third-order valence-electron chi connectivity index (χ3n) is 3.81. The topological polar surface area (TPSA) is 6.48 Å². The van der Waals surface area contributed by atoms with Gasteiger partial charge in [-0.15, -0.1) is 0 Å². The Kier molecular flexibility index (Phi) is 8.50. The van der Waals surface area contributed by atoms with Crippen molar-refractivity contribution in [3.8, 4) is 0 Å². The standard InChI is InChI=1S/C13H29N3.3ClH.Cr/c1-4-5-6-7-8-9-10-16-12-14(2)11-15(3)13-16;;;;/h4-13H2,1-3H3;3*1H;/q;;;;+4/p-3. The van der Waals surface area contributed by atoms with E-state index >= 15 is 0 Å². The molecule has 20 heavy (non-hydrogen) atoms. The summed E-state index contributed by atoms with van der Waals surface area (Å²) in [4.78, 5) is 4.70. The monoisotopic (exact) mass is 384 g/mol. The molecule has 0 aromatic rings. The van der Waals surface area contributed by atoms with E-state index in [0.29, 0.717) is 3.47 Å². The fourth-order valence-electron chi connectivity index (χ4n) is 2.80. The molecule has 0 bridgehead atoms. The van der Waals surface area contributed by atoms with Gasteiger partial charge in [0.2, 0.25) is 0 Å². The number of hydrogen-bond acceptors (Lipinski definition) is 2. The van der Waals surface area contributed by atoms with Gasteiger partial charge in [0, 0.05) is 0 Å². The van der Waals surface area contributed by atoms with Gasteiger partial charge in [-0.05, 0) is 0 Å². The normalized spacial score (nSPS) is 26.9. The van der Waals surface area contributed by atoms with Gasteiger partial charge in [0.05, 0.1) is 0 Å². The Morgan fingerprint density at radius 2 is 1.60 bits per heavy atom. The minimum absolute atomic E-state index is 0.577. The number of rotatable bonds is 8. The molecule has 0 N–H and O–H groups in total. The van der Waals surface area contributed by atoms with Gasteiger partial charge in [0.15, 0.2) is 0 Å². The van der Waals surface area contributed by atoms with Gasteiger partial charge in [-0.3, -0.25) is 0 Å². The fourth-order valence-corrected chi connectivity index (χ4v) is 4.85. The summed E-state index contributed by atoms with van der Waals surface area (Å²) < 4.78 is 0.577. The van der Waals surface area contributed by atoms with Gasteiger partial charge in [0.1, 0.15) is 0 Å². The molecule has 0 aromatic heterocycles. The second-order valence-electron chi connectivity index (χ2n) is 6.12. The average molecular weight is 386 g/mol. The molecule has 0 saturated carbocycles. The molecule has 1 rings (SSSR count). The number of quaternary nitrogens is 1. The second-order valence-corrected chi connectivity index (χ2v) is 16.2. The van der Waals surface area contributed by atoms with E-state index in [1.54, 1.807) is 0 Å². The number of halogens is 3. The summed E-state index contributed by atoms with van der Waals surface area (Å²) in [7, 11) is 20.2. The molecule has 0 aromatic carbocycles. The van der Waals surface area contributed by atoms with Gasteiger partial charge in [0.25, 0.3) is 0 Å². The molecule has 0 aliphatic carbocycles. The molecule has 3 nitrogen and oxygen atoms in total. The van der Waals surface area contributed by atoms with E-state index in [-0.39, 0.29) is 0 Å². The van der Waals surface area contributed by atoms with E-state index in [1.165, 1.54) is 38.5 Å². The number of nitrogens with zero attached hydrogens (tertiary/aromatic N) is 3. The Balaban J connectivity index is 2.35. The van der Waals surface area contributed by atoms with E-state index in [9.17, 15) is 0 Å². The van der Waals surface area contributed by atoms with Crippen molar-refractivity contribution in [2.45, 2.75) is 45.4 Å². The summed E-state index contributed by atoms with van der Waals surface area (Å²) in [6, 6.07) is 0. The van der Waals surface area contributed by atoms with Crippen LogP contribution in [0.1, 0.15) is 45.4 Å². The summed E-state index contributed by atoms with van der Waals surface area (Å²) >= 11 is 0. The van der Waals surface area contributed by atoms with Crippen LogP contribution in [-0.2, 0) is 10.5 Å². The number of unbranched alkanes of at least 4 members (excludes halogenated alkanes) is 5. The Labute approximate surface area is 139 Å². The minimum atomic E-state index is -2.94. The molecule has 1 unspecified atom stereocenters. The molecule has 0 radical (unpaired) electrons. The van der Waals surface area contributed by atoms with Gasteiger partial charge < -0.3 is 0 Å². The molecule has 1 aliphatic rings. The Morgan fingerprint density at radius 1 is 1.00 bits per heavy atom. The van der Waals surface area contributed by atoms with Crippen molar-refractivity contribution in [3.05, 3.63) is 0 Å². The maximum absolute atomic E-state index is 6.31. The summed E-state index contributed by atoms with van der Waals surface area (Å²) in [5.41, 5.74) is 0. The molecule has 1 heterocycles. The van der Waals surface area contributed by atoms with E-state index in [4.69, 9.17) is 30.1 Å². The average Bonchev–Trinajstić information content (AvgIpc) is 2.31. The SMILES string of the molecule is CCCCCCCCN1CN(C)C[N+](C)([Cr]([Cl])([Cl])[Cl])C1. The molecule has 1 atom stereocenters. The van der Waals surface area contributed by atoms with Crippen molar-refractivity contribution >= 4 is 30.1 Å². The Bertz CT molecular complexity index is 289. The molecular weight excluding hydrogens is 357 g/mol. The van der Waals surface area contributed by atoms with Crippen LogP contribution in [0.5, 0.6) is 0 Å².